The van der Waals surface area contributed by atoms with Gasteiger partial charge in [-0.05, 0) is 19.3 Å². The molecular weight excluding hydrogens is 296 g/mol. The third-order valence-electron chi connectivity index (χ3n) is 4.12. The second-order valence-electron chi connectivity index (χ2n) is 5.53. The van der Waals surface area contributed by atoms with Gasteiger partial charge in [-0.25, -0.2) is 8.78 Å². The van der Waals surface area contributed by atoms with Crippen LogP contribution in [-0.4, -0.2) is 22.6 Å². The minimum Gasteiger partial charge on any atom is -0.324 e. The summed E-state index contributed by atoms with van der Waals surface area (Å²) in [5, 5.41) is 1.49. The average molecular weight is 311 g/mol. The van der Waals surface area contributed by atoms with Crippen LogP contribution in [0.25, 0.3) is 0 Å². The van der Waals surface area contributed by atoms with Crippen molar-refractivity contribution >= 4 is 23.0 Å². The molecule has 0 saturated heterocycles. The van der Waals surface area contributed by atoms with Crippen LogP contribution in [-0.2, 0) is 11.3 Å². The number of nitrogens with zero attached hydrogens (tertiary/aromatic N) is 1. The minimum absolute atomic E-state index is 0.0294. The van der Waals surface area contributed by atoms with Crippen molar-refractivity contribution in [1.29, 1.82) is 0 Å². The Hall–Kier alpha value is -1.56. The van der Waals surface area contributed by atoms with E-state index in [9.17, 15) is 18.4 Å². The van der Waals surface area contributed by atoms with Gasteiger partial charge in [0.1, 0.15) is 0 Å². The van der Waals surface area contributed by atoms with Crippen molar-refractivity contribution in [1.82, 2.24) is 4.90 Å². The second kappa shape index (κ2) is 5.33. The Morgan fingerprint density at radius 3 is 2.86 bits per heavy atom. The number of halogens is 2. The lowest BCUT2D eigenvalue weighted by Gasteiger charge is -2.25. The fourth-order valence-corrected chi connectivity index (χ4v) is 3.97. The van der Waals surface area contributed by atoms with Gasteiger partial charge < -0.3 is 4.90 Å². The average Bonchev–Trinajstić information content (AvgIpc) is 2.90. The summed E-state index contributed by atoms with van der Waals surface area (Å²) in [4.78, 5) is 26.0. The maximum Gasteiger partial charge on any atom is 0.273 e. The Kier molecular flexibility index (Phi) is 3.65. The van der Waals surface area contributed by atoms with E-state index in [-0.39, 0.29) is 29.5 Å². The van der Waals surface area contributed by atoms with E-state index >= 15 is 0 Å². The van der Waals surface area contributed by atoms with E-state index in [4.69, 9.17) is 0 Å². The molecule has 0 aromatic carbocycles. The monoisotopic (exact) mass is 311 g/mol. The lowest BCUT2D eigenvalue weighted by Crippen LogP contribution is -2.40. The lowest BCUT2D eigenvalue weighted by molar-refractivity contribution is -0.122. The summed E-state index contributed by atoms with van der Waals surface area (Å²) >= 11 is 0.921. The molecule has 0 radical (unpaired) electrons. The normalized spacial score (nSPS) is 22.9. The quantitative estimate of drug-likeness (QED) is 0.617. The molecule has 3 nitrogen and oxygen atoms in total. The fraction of sp³-hybridized carbons (Fsp3) is 0.467. The van der Waals surface area contributed by atoms with Gasteiger partial charge in [-0.3, -0.25) is 9.59 Å². The number of Topliss-reactive ketones (excluding diaryl/α,β-unsaturated/α-hetero) is 1. The first-order chi connectivity index (χ1) is 9.99. The molecule has 112 valence electrons. The van der Waals surface area contributed by atoms with Gasteiger partial charge in [0.2, 0.25) is 0 Å². The molecule has 0 spiro atoms. The van der Waals surface area contributed by atoms with Crippen molar-refractivity contribution in [2.45, 2.75) is 44.7 Å². The number of allylic oxidation sites excluding steroid dienone is 1. The standard InChI is InChI=1S/C15H15F2NO2S/c1-8-3-2-4-11(12(19)5-8)18-6-9-10(15(18)20)7-21-13(9)14(16)17/h7,11,14H,1-6H2/t11-/m0/s1. The number of ketones is 1. The molecule has 1 atom stereocenters. The summed E-state index contributed by atoms with van der Waals surface area (Å²) in [5.74, 6) is -0.322. The summed E-state index contributed by atoms with van der Waals surface area (Å²) in [7, 11) is 0. The SMILES string of the molecule is C=C1CCC[C@H](N2Cc3c(csc3C(F)F)C2=O)C(=O)C1. The van der Waals surface area contributed by atoms with Crippen LogP contribution < -0.4 is 0 Å². The van der Waals surface area contributed by atoms with Crippen LogP contribution in [0, 0.1) is 0 Å². The van der Waals surface area contributed by atoms with Crippen molar-refractivity contribution in [3.05, 3.63) is 33.5 Å². The highest BCUT2D eigenvalue weighted by molar-refractivity contribution is 7.10. The van der Waals surface area contributed by atoms with Crippen molar-refractivity contribution in [2.24, 2.45) is 0 Å². The van der Waals surface area contributed by atoms with Crippen LogP contribution in [0.1, 0.15) is 52.9 Å². The smallest absolute Gasteiger partial charge is 0.273 e. The predicted octanol–water partition coefficient (Wildman–Crippen LogP) is 3.71. The Morgan fingerprint density at radius 2 is 2.14 bits per heavy atom. The number of thiophene rings is 1. The van der Waals surface area contributed by atoms with E-state index in [0.29, 0.717) is 17.5 Å². The summed E-state index contributed by atoms with van der Waals surface area (Å²) in [6.45, 7) is 3.97. The van der Waals surface area contributed by atoms with Crippen LogP contribution >= 0.6 is 11.3 Å². The number of fused-ring (bicyclic) bond motifs is 1. The van der Waals surface area contributed by atoms with Gasteiger partial charge in [0.15, 0.2) is 5.78 Å². The molecule has 1 aromatic heterocycles. The molecular formula is C15H15F2NO2S. The van der Waals surface area contributed by atoms with Crippen LogP contribution in [0.5, 0.6) is 0 Å². The van der Waals surface area contributed by atoms with E-state index in [0.717, 1.165) is 29.8 Å². The Labute approximate surface area is 125 Å². The van der Waals surface area contributed by atoms with Gasteiger partial charge in [-0.15, -0.1) is 11.3 Å². The number of carbonyl (C=O) groups is 2. The molecule has 0 unspecified atom stereocenters. The zero-order chi connectivity index (χ0) is 15.1. The van der Waals surface area contributed by atoms with Gasteiger partial charge in [0, 0.05) is 23.9 Å². The minimum atomic E-state index is -2.57. The van der Waals surface area contributed by atoms with E-state index in [2.05, 4.69) is 6.58 Å². The highest BCUT2D eigenvalue weighted by Gasteiger charge is 2.39. The highest BCUT2D eigenvalue weighted by atomic mass is 32.1. The molecule has 1 aliphatic carbocycles. The van der Waals surface area contributed by atoms with Gasteiger partial charge in [-0.2, -0.15) is 0 Å². The first kappa shape index (κ1) is 14.4. The summed E-state index contributed by atoms with van der Waals surface area (Å²) in [6, 6.07) is -0.500. The number of rotatable bonds is 2. The van der Waals surface area contributed by atoms with Crippen molar-refractivity contribution < 1.29 is 18.4 Å². The number of alkyl halides is 2. The van der Waals surface area contributed by atoms with E-state index in [1.807, 2.05) is 0 Å². The summed E-state index contributed by atoms with van der Waals surface area (Å²) in [5.41, 5.74) is 1.62. The van der Waals surface area contributed by atoms with Crippen LogP contribution in [0.15, 0.2) is 17.5 Å². The largest absolute Gasteiger partial charge is 0.324 e. The van der Waals surface area contributed by atoms with E-state index in [1.165, 1.54) is 10.3 Å². The molecule has 6 heteroatoms. The van der Waals surface area contributed by atoms with Gasteiger partial charge in [0.05, 0.1) is 16.5 Å². The molecule has 1 aliphatic heterocycles. The molecule has 1 fully saturated rings. The molecule has 2 heterocycles. The van der Waals surface area contributed by atoms with Crippen LogP contribution in [0.2, 0.25) is 0 Å². The first-order valence-corrected chi connectivity index (χ1v) is 7.75. The zero-order valence-electron chi connectivity index (χ0n) is 11.4. The lowest BCUT2D eigenvalue weighted by atomic mass is 10.1. The molecule has 2 aliphatic rings. The Morgan fingerprint density at radius 1 is 1.38 bits per heavy atom. The second-order valence-corrected chi connectivity index (χ2v) is 6.44. The van der Waals surface area contributed by atoms with Crippen molar-refractivity contribution in [3.63, 3.8) is 0 Å². The maximum atomic E-state index is 12.9. The van der Waals surface area contributed by atoms with Crippen molar-refractivity contribution in [3.8, 4) is 0 Å². The molecule has 3 rings (SSSR count). The molecule has 1 aromatic rings. The van der Waals surface area contributed by atoms with Gasteiger partial charge >= 0.3 is 0 Å². The van der Waals surface area contributed by atoms with E-state index in [1.54, 1.807) is 0 Å². The third kappa shape index (κ3) is 2.41. The number of carbonyl (C=O) groups excluding carboxylic acids is 2. The van der Waals surface area contributed by atoms with Crippen LogP contribution in [0.4, 0.5) is 8.78 Å². The van der Waals surface area contributed by atoms with Gasteiger partial charge in [-0.1, -0.05) is 12.2 Å². The Bertz CT molecular complexity index is 623. The summed E-state index contributed by atoms with van der Waals surface area (Å²) < 4.78 is 25.9. The van der Waals surface area contributed by atoms with Crippen LogP contribution in [0.3, 0.4) is 0 Å². The number of hydrogen-bond acceptors (Lipinski definition) is 3. The predicted molar refractivity (Wildman–Crippen MR) is 75.6 cm³/mol. The highest BCUT2D eigenvalue weighted by Crippen LogP contribution is 2.38. The Balaban J connectivity index is 1.87. The van der Waals surface area contributed by atoms with Crippen molar-refractivity contribution in [2.75, 3.05) is 0 Å². The topological polar surface area (TPSA) is 37.4 Å². The number of amides is 1. The maximum absolute atomic E-state index is 12.9. The molecule has 1 saturated carbocycles. The first-order valence-electron chi connectivity index (χ1n) is 6.87. The van der Waals surface area contributed by atoms with Gasteiger partial charge in [0.25, 0.3) is 12.3 Å². The molecule has 21 heavy (non-hydrogen) atoms. The fourth-order valence-electron chi connectivity index (χ4n) is 3.06. The zero-order valence-corrected chi connectivity index (χ0v) is 12.2. The number of hydrogen-bond donors (Lipinski definition) is 0. The molecule has 1 amide bonds. The molecule has 0 N–H and O–H groups in total. The van der Waals surface area contributed by atoms with E-state index < -0.39 is 12.5 Å². The third-order valence-corrected chi connectivity index (χ3v) is 5.16. The molecule has 0 bridgehead atoms. The summed E-state index contributed by atoms with van der Waals surface area (Å²) in [6.07, 6.45) is -0.123.